The normalized spacial score (nSPS) is 11.9. The zero-order valence-electron chi connectivity index (χ0n) is 8.79. The molecule has 2 heteroatoms. The number of rotatable bonds is 3. The lowest BCUT2D eigenvalue weighted by Crippen LogP contribution is -2.10. The summed E-state index contributed by atoms with van der Waals surface area (Å²) in [5, 5.41) is 2.97. The van der Waals surface area contributed by atoms with Gasteiger partial charge in [-0.2, -0.15) is 0 Å². The molecule has 0 aromatic heterocycles. The smallest absolute Gasteiger partial charge is 0.190 e. The van der Waals surface area contributed by atoms with Gasteiger partial charge in [0, 0.05) is 23.9 Å². The molecule has 1 aromatic carbocycles. The Morgan fingerprint density at radius 3 is 2.21 bits per heavy atom. The third-order valence-corrected chi connectivity index (χ3v) is 2.31. The Morgan fingerprint density at radius 2 is 1.71 bits per heavy atom. The standard InChI is InChI=1S/C12H15NO/c1-9(10(2)13-3)12(14)11-7-5-4-6-8-11/h4-8,13H,1-3H3. The van der Waals surface area contributed by atoms with Crippen LogP contribution in [0.4, 0.5) is 0 Å². The second-order valence-corrected chi connectivity index (χ2v) is 3.20. The van der Waals surface area contributed by atoms with Crippen molar-refractivity contribution in [1.82, 2.24) is 5.32 Å². The van der Waals surface area contributed by atoms with Crippen LogP contribution in [0, 0.1) is 0 Å². The highest BCUT2D eigenvalue weighted by Crippen LogP contribution is 2.09. The van der Waals surface area contributed by atoms with Gasteiger partial charge in [0.1, 0.15) is 0 Å². The molecule has 2 nitrogen and oxygen atoms in total. The molecule has 1 rings (SSSR count). The van der Waals surface area contributed by atoms with E-state index in [1.165, 1.54) is 0 Å². The zero-order valence-corrected chi connectivity index (χ0v) is 8.79. The fourth-order valence-electron chi connectivity index (χ4n) is 1.16. The maximum absolute atomic E-state index is 11.8. The molecule has 0 fully saturated rings. The highest BCUT2D eigenvalue weighted by atomic mass is 16.1. The van der Waals surface area contributed by atoms with Gasteiger partial charge in [0.2, 0.25) is 0 Å². The van der Waals surface area contributed by atoms with Crippen LogP contribution in [0.1, 0.15) is 24.2 Å². The van der Waals surface area contributed by atoms with Crippen LogP contribution in [-0.2, 0) is 0 Å². The van der Waals surface area contributed by atoms with Crippen LogP contribution in [0.3, 0.4) is 0 Å². The molecule has 14 heavy (non-hydrogen) atoms. The molecule has 0 aliphatic heterocycles. The number of Topliss-reactive ketones (excluding diaryl/α,β-unsaturated/α-hetero) is 1. The van der Waals surface area contributed by atoms with Gasteiger partial charge in [0.15, 0.2) is 5.78 Å². The molecule has 0 radical (unpaired) electrons. The van der Waals surface area contributed by atoms with Crippen molar-refractivity contribution in [2.45, 2.75) is 13.8 Å². The average molecular weight is 189 g/mol. The number of allylic oxidation sites excluding steroid dienone is 2. The van der Waals surface area contributed by atoms with Crippen molar-refractivity contribution in [3.63, 3.8) is 0 Å². The first-order chi connectivity index (χ1) is 6.66. The molecule has 0 bridgehead atoms. The minimum absolute atomic E-state index is 0.0810. The van der Waals surface area contributed by atoms with E-state index >= 15 is 0 Å². The van der Waals surface area contributed by atoms with Crippen LogP contribution >= 0.6 is 0 Å². The first-order valence-electron chi connectivity index (χ1n) is 4.61. The van der Waals surface area contributed by atoms with E-state index in [2.05, 4.69) is 5.32 Å². The molecule has 0 unspecified atom stereocenters. The van der Waals surface area contributed by atoms with E-state index in [4.69, 9.17) is 0 Å². The molecule has 0 aliphatic rings. The van der Waals surface area contributed by atoms with Gasteiger partial charge >= 0.3 is 0 Å². The SMILES string of the molecule is CNC(C)=C(C)C(=O)c1ccccc1. The van der Waals surface area contributed by atoms with Crippen molar-refractivity contribution in [1.29, 1.82) is 0 Å². The fourth-order valence-corrected chi connectivity index (χ4v) is 1.16. The van der Waals surface area contributed by atoms with Crippen LogP contribution in [0.25, 0.3) is 0 Å². The lowest BCUT2D eigenvalue weighted by Gasteiger charge is -2.05. The highest BCUT2D eigenvalue weighted by Gasteiger charge is 2.08. The van der Waals surface area contributed by atoms with Gasteiger partial charge in [0.05, 0.1) is 0 Å². The van der Waals surface area contributed by atoms with Gasteiger partial charge in [-0.25, -0.2) is 0 Å². The highest BCUT2D eigenvalue weighted by molar-refractivity contribution is 6.08. The Hall–Kier alpha value is -1.57. The number of carbonyl (C=O) groups is 1. The molecule has 0 heterocycles. The third kappa shape index (κ3) is 2.22. The summed E-state index contributed by atoms with van der Waals surface area (Å²) in [6.45, 7) is 3.73. The molecule has 1 aromatic rings. The average Bonchev–Trinajstić information content (AvgIpc) is 2.27. The van der Waals surface area contributed by atoms with Gasteiger partial charge < -0.3 is 5.32 Å². The number of hydrogen-bond donors (Lipinski definition) is 1. The Morgan fingerprint density at radius 1 is 1.14 bits per heavy atom. The predicted octanol–water partition coefficient (Wildman–Crippen LogP) is 2.38. The number of benzene rings is 1. The van der Waals surface area contributed by atoms with Crippen molar-refractivity contribution < 1.29 is 4.79 Å². The second kappa shape index (κ2) is 4.61. The van der Waals surface area contributed by atoms with Gasteiger partial charge in [-0.05, 0) is 13.8 Å². The largest absolute Gasteiger partial charge is 0.391 e. The number of carbonyl (C=O) groups excluding carboxylic acids is 1. The number of hydrogen-bond acceptors (Lipinski definition) is 2. The van der Waals surface area contributed by atoms with Crippen LogP contribution in [0.2, 0.25) is 0 Å². The van der Waals surface area contributed by atoms with Gasteiger partial charge in [-0.15, -0.1) is 0 Å². The van der Waals surface area contributed by atoms with Gasteiger partial charge in [-0.1, -0.05) is 30.3 Å². The quantitative estimate of drug-likeness (QED) is 0.584. The molecule has 0 spiro atoms. The van der Waals surface area contributed by atoms with E-state index in [1.54, 1.807) is 0 Å². The molecular weight excluding hydrogens is 174 g/mol. The summed E-state index contributed by atoms with van der Waals surface area (Å²) in [6.07, 6.45) is 0. The maximum atomic E-state index is 11.8. The predicted molar refractivity (Wildman–Crippen MR) is 58.2 cm³/mol. The van der Waals surface area contributed by atoms with Gasteiger partial charge in [0.25, 0.3) is 0 Å². The van der Waals surface area contributed by atoms with E-state index in [0.717, 1.165) is 16.8 Å². The molecule has 0 saturated heterocycles. The second-order valence-electron chi connectivity index (χ2n) is 3.20. The Kier molecular flexibility index (Phi) is 3.46. The van der Waals surface area contributed by atoms with Crippen LogP contribution in [-0.4, -0.2) is 12.8 Å². The third-order valence-electron chi connectivity index (χ3n) is 2.31. The minimum Gasteiger partial charge on any atom is -0.391 e. The summed E-state index contributed by atoms with van der Waals surface area (Å²) >= 11 is 0. The number of nitrogens with one attached hydrogen (secondary N) is 1. The summed E-state index contributed by atoms with van der Waals surface area (Å²) in [7, 11) is 1.82. The van der Waals surface area contributed by atoms with E-state index < -0.39 is 0 Å². The molecule has 74 valence electrons. The zero-order chi connectivity index (χ0) is 10.6. The Balaban J connectivity index is 2.98. The summed E-state index contributed by atoms with van der Waals surface area (Å²) in [5.74, 6) is 0.0810. The van der Waals surface area contributed by atoms with Crippen LogP contribution in [0.5, 0.6) is 0 Å². The molecule has 0 aliphatic carbocycles. The molecular formula is C12H15NO. The first kappa shape index (κ1) is 10.5. The van der Waals surface area contributed by atoms with Gasteiger partial charge in [-0.3, -0.25) is 4.79 Å². The van der Waals surface area contributed by atoms with E-state index in [1.807, 2.05) is 51.2 Å². The maximum Gasteiger partial charge on any atom is 0.190 e. The van der Waals surface area contributed by atoms with Crippen LogP contribution in [0.15, 0.2) is 41.6 Å². The molecule has 0 amide bonds. The van der Waals surface area contributed by atoms with E-state index in [0.29, 0.717) is 0 Å². The van der Waals surface area contributed by atoms with Crippen molar-refractivity contribution in [3.05, 3.63) is 47.2 Å². The lowest BCUT2D eigenvalue weighted by atomic mass is 10.0. The topological polar surface area (TPSA) is 29.1 Å². The Bertz CT molecular complexity index is 352. The monoisotopic (exact) mass is 189 g/mol. The summed E-state index contributed by atoms with van der Waals surface area (Å²) in [6, 6.07) is 9.30. The molecule has 0 saturated carbocycles. The van der Waals surface area contributed by atoms with Crippen molar-refractivity contribution in [2.75, 3.05) is 7.05 Å². The van der Waals surface area contributed by atoms with E-state index in [-0.39, 0.29) is 5.78 Å². The van der Waals surface area contributed by atoms with Crippen molar-refractivity contribution in [3.8, 4) is 0 Å². The summed E-state index contributed by atoms with van der Waals surface area (Å²) < 4.78 is 0. The van der Waals surface area contributed by atoms with E-state index in [9.17, 15) is 4.79 Å². The summed E-state index contributed by atoms with van der Waals surface area (Å²) in [5.41, 5.74) is 2.41. The fraction of sp³-hybridized carbons (Fsp3) is 0.250. The van der Waals surface area contributed by atoms with Crippen molar-refractivity contribution in [2.24, 2.45) is 0 Å². The van der Waals surface area contributed by atoms with Crippen LogP contribution < -0.4 is 5.32 Å². The summed E-state index contributed by atoms with van der Waals surface area (Å²) in [4.78, 5) is 11.8. The lowest BCUT2D eigenvalue weighted by molar-refractivity contribution is 0.103. The Labute approximate surface area is 84.6 Å². The first-order valence-corrected chi connectivity index (χ1v) is 4.61. The molecule has 0 atom stereocenters. The number of ketones is 1. The van der Waals surface area contributed by atoms with Crippen molar-refractivity contribution >= 4 is 5.78 Å². The molecule has 1 N–H and O–H groups in total. The minimum atomic E-state index is 0.0810.